The Hall–Kier alpha value is -5.21. The molecule has 57 heavy (non-hydrogen) atoms. The van der Waals surface area contributed by atoms with E-state index in [9.17, 15) is 9.59 Å². The van der Waals surface area contributed by atoms with Crippen molar-refractivity contribution in [2.75, 3.05) is 33.3 Å². The quantitative estimate of drug-likeness (QED) is 0.122. The van der Waals surface area contributed by atoms with Gasteiger partial charge in [0.15, 0.2) is 0 Å². The van der Waals surface area contributed by atoms with Crippen LogP contribution < -0.4 is 9.47 Å². The van der Waals surface area contributed by atoms with Gasteiger partial charge in [-0.25, -0.2) is 9.59 Å². The fourth-order valence-electron chi connectivity index (χ4n) is 9.42. The molecular weight excluding hydrogens is 736 g/mol. The topological polar surface area (TPSA) is 91.8 Å². The molecule has 2 aliphatic carbocycles. The highest BCUT2D eigenvalue weighted by molar-refractivity contribution is 6.18. The molecule has 6 aromatic rings. The van der Waals surface area contributed by atoms with Crippen LogP contribution in [0.5, 0.6) is 11.5 Å². The zero-order chi connectivity index (χ0) is 39.3. The number of hydrogen-bond donors (Lipinski definition) is 1. The molecule has 9 heteroatoms. The van der Waals surface area contributed by atoms with Crippen molar-refractivity contribution in [3.8, 4) is 34.0 Å². The van der Waals surface area contributed by atoms with Crippen molar-refractivity contribution < 1.29 is 28.5 Å². The molecule has 0 bridgehead atoms. The Morgan fingerprint density at radius 1 is 0.737 bits per heavy atom. The Morgan fingerprint density at radius 3 is 2.04 bits per heavy atom. The van der Waals surface area contributed by atoms with Crippen LogP contribution in [0.1, 0.15) is 108 Å². The minimum absolute atomic E-state index is 0.290. The molecule has 0 atom stereocenters. The van der Waals surface area contributed by atoms with Crippen LogP contribution in [0.3, 0.4) is 0 Å². The van der Waals surface area contributed by atoms with Gasteiger partial charge in [0.25, 0.3) is 0 Å². The molecule has 8 nitrogen and oxygen atoms in total. The van der Waals surface area contributed by atoms with Crippen LogP contribution in [-0.4, -0.2) is 54.8 Å². The number of rotatable bonds is 8. The number of aromatic amines is 1. The van der Waals surface area contributed by atoms with E-state index in [0.717, 1.165) is 45.9 Å². The first kappa shape index (κ1) is 38.7. The summed E-state index contributed by atoms with van der Waals surface area (Å²) in [4.78, 5) is 27.8. The molecule has 0 spiro atoms. The molecule has 4 aromatic carbocycles. The van der Waals surface area contributed by atoms with Gasteiger partial charge in [-0.3, -0.25) is 0 Å². The summed E-state index contributed by atoms with van der Waals surface area (Å²) < 4.78 is 24.2. The molecule has 9 rings (SSSR count). The summed E-state index contributed by atoms with van der Waals surface area (Å²) >= 11 is 5.85. The minimum atomic E-state index is -0.326. The van der Waals surface area contributed by atoms with Gasteiger partial charge in [0.1, 0.15) is 24.7 Å². The highest BCUT2D eigenvalue weighted by Crippen LogP contribution is 2.48. The SMILES string of the molecule is COC(=O)c1ccc2c(C3CCCCC3)c(-c3ccccc3OCCCl)[nH]c2c1.COC(=O)c1ccc2c(C3CCCCC3)c3n(c2c1)CCOc1ccccc1-3. The van der Waals surface area contributed by atoms with Crippen molar-refractivity contribution in [3.63, 3.8) is 0 Å². The predicted octanol–water partition coefficient (Wildman–Crippen LogP) is 11.8. The van der Waals surface area contributed by atoms with Crippen molar-refractivity contribution in [1.82, 2.24) is 9.55 Å². The molecule has 2 fully saturated rings. The van der Waals surface area contributed by atoms with E-state index in [2.05, 4.69) is 39.9 Å². The molecule has 0 amide bonds. The number of para-hydroxylation sites is 2. The highest BCUT2D eigenvalue weighted by atomic mass is 35.5. The van der Waals surface area contributed by atoms with Gasteiger partial charge in [-0.15, -0.1) is 11.6 Å². The molecule has 0 saturated heterocycles. The number of halogens is 1. The van der Waals surface area contributed by atoms with Crippen molar-refractivity contribution in [2.45, 2.75) is 82.6 Å². The standard InChI is InChI=1S/C24H26ClNO3.C24H25NO3/c1-28-24(27)17-11-12-18-20(15-17)26-23(22(18)16-7-3-2-4-8-16)19-9-5-6-10-21(19)29-14-13-25;1-27-24(26)17-11-12-18-20(15-17)25-13-14-28-21-10-6-5-9-19(21)23(25)22(18)16-7-3-2-4-8-16/h5-6,9-12,15-16,26H,2-4,7-8,13-14H2,1H3;5-6,9-12,15-16H,2-4,7-8,13-14H2,1H3. The van der Waals surface area contributed by atoms with Crippen LogP contribution in [0.25, 0.3) is 44.3 Å². The fourth-order valence-corrected chi connectivity index (χ4v) is 9.50. The Labute approximate surface area is 339 Å². The van der Waals surface area contributed by atoms with Gasteiger partial charge in [0.2, 0.25) is 0 Å². The summed E-state index contributed by atoms with van der Waals surface area (Å²) in [7, 11) is 2.84. The third-order valence-electron chi connectivity index (χ3n) is 12.0. The molecule has 3 aliphatic rings. The number of aromatic nitrogens is 2. The second-order valence-electron chi connectivity index (χ2n) is 15.4. The van der Waals surface area contributed by atoms with Crippen LogP contribution in [0, 0.1) is 0 Å². The van der Waals surface area contributed by atoms with Crippen molar-refractivity contribution in [3.05, 3.63) is 107 Å². The number of H-pyrrole nitrogens is 1. The van der Waals surface area contributed by atoms with Crippen LogP contribution in [-0.2, 0) is 16.0 Å². The van der Waals surface area contributed by atoms with E-state index in [1.54, 1.807) is 0 Å². The molecule has 1 N–H and O–H groups in total. The van der Waals surface area contributed by atoms with Gasteiger partial charge >= 0.3 is 11.9 Å². The lowest BCUT2D eigenvalue weighted by atomic mass is 9.81. The molecule has 2 saturated carbocycles. The summed E-state index contributed by atoms with van der Waals surface area (Å²) in [6.45, 7) is 1.86. The first-order valence-electron chi connectivity index (χ1n) is 20.5. The van der Waals surface area contributed by atoms with E-state index in [-0.39, 0.29) is 11.9 Å². The summed E-state index contributed by atoms with van der Waals surface area (Å²) in [5, 5.41) is 2.44. The van der Waals surface area contributed by atoms with E-state index in [0.29, 0.717) is 42.1 Å². The average molecular weight is 787 g/mol. The summed E-state index contributed by atoms with van der Waals surface area (Å²) in [5.74, 6) is 2.66. The minimum Gasteiger partial charge on any atom is -0.492 e. The highest BCUT2D eigenvalue weighted by Gasteiger charge is 2.30. The lowest BCUT2D eigenvalue weighted by Gasteiger charge is -2.23. The van der Waals surface area contributed by atoms with Gasteiger partial charge in [0, 0.05) is 32.9 Å². The molecular formula is C48H51ClN2O6. The number of benzene rings is 4. The third kappa shape index (κ3) is 7.76. The maximum Gasteiger partial charge on any atom is 0.337 e. The van der Waals surface area contributed by atoms with Crippen LogP contribution in [0.2, 0.25) is 0 Å². The van der Waals surface area contributed by atoms with Gasteiger partial charge < -0.3 is 28.5 Å². The summed E-state index contributed by atoms with van der Waals surface area (Å²) in [6.07, 6.45) is 12.5. The van der Waals surface area contributed by atoms with Crippen molar-refractivity contribution >= 4 is 45.3 Å². The van der Waals surface area contributed by atoms with E-state index in [1.807, 2.05) is 54.6 Å². The fraction of sp³-hybridized carbons (Fsp3) is 0.375. The lowest BCUT2D eigenvalue weighted by molar-refractivity contribution is 0.0592. The Kier molecular flexibility index (Phi) is 11.9. The normalized spacial score (nSPS) is 15.8. The Morgan fingerprint density at radius 2 is 1.35 bits per heavy atom. The van der Waals surface area contributed by atoms with Gasteiger partial charge in [0.05, 0.1) is 49.2 Å². The second-order valence-corrected chi connectivity index (χ2v) is 15.7. The van der Waals surface area contributed by atoms with E-state index < -0.39 is 0 Å². The molecule has 296 valence electrons. The monoisotopic (exact) mass is 786 g/mol. The van der Waals surface area contributed by atoms with Crippen LogP contribution in [0.4, 0.5) is 0 Å². The Balaban J connectivity index is 0.000000160. The van der Waals surface area contributed by atoms with E-state index in [4.69, 9.17) is 30.5 Å². The molecule has 3 heterocycles. The predicted molar refractivity (Wildman–Crippen MR) is 227 cm³/mol. The van der Waals surface area contributed by atoms with E-state index >= 15 is 0 Å². The number of methoxy groups -OCH3 is 2. The second kappa shape index (κ2) is 17.5. The van der Waals surface area contributed by atoms with Crippen LogP contribution >= 0.6 is 11.6 Å². The van der Waals surface area contributed by atoms with Gasteiger partial charge in [-0.2, -0.15) is 0 Å². The third-order valence-corrected chi connectivity index (χ3v) is 12.2. The number of ether oxygens (including phenoxy) is 4. The zero-order valence-corrected chi connectivity index (χ0v) is 33.7. The average Bonchev–Trinajstić information content (AvgIpc) is 3.74. The molecule has 2 aromatic heterocycles. The number of carbonyl (C=O) groups excluding carboxylic acids is 2. The first-order chi connectivity index (χ1) is 28.0. The van der Waals surface area contributed by atoms with Crippen molar-refractivity contribution in [1.29, 1.82) is 0 Å². The van der Waals surface area contributed by atoms with Gasteiger partial charge in [-0.1, -0.05) is 74.9 Å². The number of carbonyl (C=O) groups is 2. The molecule has 1 aliphatic heterocycles. The first-order valence-corrected chi connectivity index (χ1v) is 21.0. The lowest BCUT2D eigenvalue weighted by Crippen LogP contribution is -2.07. The smallest absolute Gasteiger partial charge is 0.337 e. The number of nitrogens with one attached hydrogen (secondary N) is 1. The van der Waals surface area contributed by atoms with Crippen molar-refractivity contribution in [2.24, 2.45) is 0 Å². The number of esters is 2. The number of fused-ring (bicyclic) bond motifs is 6. The van der Waals surface area contributed by atoms with Crippen LogP contribution in [0.15, 0.2) is 84.9 Å². The zero-order valence-electron chi connectivity index (χ0n) is 32.9. The van der Waals surface area contributed by atoms with Gasteiger partial charge in [-0.05, 0) is 97.2 Å². The number of hydrogen-bond acceptors (Lipinski definition) is 6. The summed E-state index contributed by atoms with van der Waals surface area (Å²) in [6, 6.07) is 28.2. The molecule has 0 radical (unpaired) electrons. The maximum atomic E-state index is 12.1. The molecule has 0 unspecified atom stereocenters. The number of nitrogens with zero attached hydrogens (tertiary/aromatic N) is 1. The largest absolute Gasteiger partial charge is 0.492 e. The number of alkyl halides is 1. The van der Waals surface area contributed by atoms with E-state index in [1.165, 1.54) is 106 Å². The summed E-state index contributed by atoms with van der Waals surface area (Å²) in [5.41, 5.74) is 10.5. The Bertz CT molecular complexity index is 2380. The maximum absolute atomic E-state index is 12.1.